The zero-order valence-corrected chi connectivity index (χ0v) is 18.6. The predicted octanol–water partition coefficient (Wildman–Crippen LogP) is 7.39. The van der Waals surface area contributed by atoms with Crippen LogP contribution in [0.25, 0.3) is 20.2 Å². The van der Waals surface area contributed by atoms with Crippen LogP contribution in [0.3, 0.4) is 0 Å². The van der Waals surface area contributed by atoms with Gasteiger partial charge in [0.1, 0.15) is 0 Å². The Morgan fingerprint density at radius 3 is 1.97 bits per heavy atom. The van der Waals surface area contributed by atoms with E-state index in [4.69, 9.17) is 0 Å². The number of hydrogen-bond donors (Lipinski definition) is 0. The third-order valence-electron chi connectivity index (χ3n) is 5.25. The number of hydrogen-bond acceptors (Lipinski definition) is 2. The fraction of sp³-hybridized carbons (Fsp3) is 0.217. The zero-order chi connectivity index (χ0) is 21.0. The average molecular weight is 430 g/mol. The van der Waals surface area contributed by atoms with Gasteiger partial charge in [-0.15, -0.1) is 11.3 Å². The lowest BCUT2D eigenvalue weighted by molar-refractivity contribution is -0.137. The summed E-state index contributed by atoms with van der Waals surface area (Å²) in [6.45, 7) is 7.05. The molecule has 1 heterocycles. The van der Waals surface area contributed by atoms with Crippen molar-refractivity contribution in [2.75, 3.05) is 11.9 Å². The van der Waals surface area contributed by atoms with Crippen molar-refractivity contribution >= 4 is 56.1 Å². The van der Waals surface area contributed by atoms with E-state index in [9.17, 15) is 13.2 Å². The summed E-state index contributed by atoms with van der Waals surface area (Å²) in [6.07, 6.45) is -4.32. The summed E-state index contributed by atoms with van der Waals surface area (Å²) in [4.78, 5) is 1.96. The van der Waals surface area contributed by atoms with E-state index in [2.05, 4.69) is 43.9 Å². The van der Waals surface area contributed by atoms with Crippen LogP contribution in [0.4, 0.5) is 24.5 Å². The third-order valence-corrected chi connectivity index (χ3v) is 8.75. The number of anilines is 2. The van der Waals surface area contributed by atoms with E-state index in [0.29, 0.717) is 0 Å². The highest BCUT2D eigenvalue weighted by molar-refractivity contribution is 7.28. The molecule has 150 valence electrons. The Kier molecular flexibility index (Phi) is 4.74. The van der Waals surface area contributed by atoms with Gasteiger partial charge in [0.25, 0.3) is 0 Å². The minimum atomic E-state index is -4.32. The van der Waals surface area contributed by atoms with Crippen molar-refractivity contribution in [1.82, 2.24) is 0 Å². The number of fused-ring (bicyclic) bond motifs is 3. The van der Waals surface area contributed by atoms with Gasteiger partial charge in [0.05, 0.1) is 24.0 Å². The molecule has 0 aliphatic carbocycles. The fourth-order valence-corrected chi connectivity index (χ4v) is 7.42. The van der Waals surface area contributed by atoms with Crippen LogP contribution in [0.1, 0.15) is 5.56 Å². The molecule has 4 aromatic rings. The molecule has 1 aromatic heterocycles. The Balaban J connectivity index is 1.86. The maximum absolute atomic E-state index is 12.9. The summed E-state index contributed by atoms with van der Waals surface area (Å²) in [7, 11) is 0.401. The second-order valence-corrected chi connectivity index (χ2v) is 14.4. The molecular weight excluding hydrogens is 407 g/mol. The van der Waals surface area contributed by atoms with Crippen LogP contribution in [0, 0.1) is 0 Å². The summed E-state index contributed by atoms with van der Waals surface area (Å²) < 4.78 is 41.2. The molecule has 0 unspecified atom stereocenters. The molecule has 0 bridgehead atoms. The van der Waals surface area contributed by atoms with Crippen molar-refractivity contribution < 1.29 is 13.2 Å². The van der Waals surface area contributed by atoms with Crippen LogP contribution < -0.4 is 10.1 Å². The molecule has 0 spiro atoms. The van der Waals surface area contributed by atoms with Crippen LogP contribution in [0.5, 0.6) is 0 Å². The Bertz CT molecular complexity index is 1190. The minimum Gasteiger partial charge on any atom is -0.343 e. The average Bonchev–Trinajstić information content (AvgIpc) is 3.04. The molecule has 0 atom stereocenters. The number of benzene rings is 3. The second-order valence-electron chi connectivity index (χ2n) is 8.29. The Morgan fingerprint density at radius 2 is 1.38 bits per heavy atom. The van der Waals surface area contributed by atoms with E-state index in [-0.39, 0.29) is 0 Å². The third kappa shape index (κ3) is 3.55. The van der Waals surface area contributed by atoms with E-state index < -0.39 is 19.8 Å². The molecule has 0 fully saturated rings. The van der Waals surface area contributed by atoms with Crippen molar-refractivity contribution in [3.05, 3.63) is 66.2 Å². The van der Waals surface area contributed by atoms with E-state index >= 15 is 0 Å². The van der Waals surface area contributed by atoms with Crippen molar-refractivity contribution in [3.63, 3.8) is 0 Å². The molecule has 4 rings (SSSR count). The normalized spacial score (nSPS) is 12.7. The van der Waals surface area contributed by atoms with Gasteiger partial charge in [0.2, 0.25) is 0 Å². The predicted molar refractivity (Wildman–Crippen MR) is 122 cm³/mol. The number of rotatable bonds is 3. The molecule has 0 amide bonds. The standard InChI is InChI=1S/C23H22F3NSSi/c1-27(16-13-11-15(12-14-16)23(24,25)26)19-9-5-7-17-18-8-6-10-20(29(2,3)4)22(18)28-21(17)19/h5-14H,1-4H3. The van der Waals surface area contributed by atoms with E-state index in [1.165, 1.54) is 32.8 Å². The van der Waals surface area contributed by atoms with Gasteiger partial charge < -0.3 is 4.90 Å². The molecule has 0 aliphatic heterocycles. The topological polar surface area (TPSA) is 3.24 Å². The van der Waals surface area contributed by atoms with Crippen LogP contribution in [-0.4, -0.2) is 15.1 Å². The molecule has 6 heteroatoms. The lowest BCUT2D eigenvalue weighted by atomic mass is 10.1. The first kappa shape index (κ1) is 20.0. The highest BCUT2D eigenvalue weighted by atomic mass is 32.1. The van der Waals surface area contributed by atoms with Gasteiger partial charge in [-0.2, -0.15) is 13.2 Å². The number of alkyl halides is 3. The van der Waals surface area contributed by atoms with Gasteiger partial charge in [0.15, 0.2) is 0 Å². The SMILES string of the molecule is CN(c1ccc(C(F)(F)F)cc1)c1cccc2c1sc1c([Si](C)(C)C)cccc12. The van der Waals surface area contributed by atoms with Crippen molar-refractivity contribution in [2.45, 2.75) is 25.8 Å². The van der Waals surface area contributed by atoms with Crippen molar-refractivity contribution in [2.24, 2.45) is 0 Å². The van der Waals surface area contributed by atoms with Gasteiger partial charge in [0, 0.05) is 28.2 Å². The highest BCUT2D eigenvalue weighted by Gasteiger charge is 2.30. The molecule has 0 aliphatic rings. The lowest BCUT2D eigenvalue weighted by Crippen LogP contribution is -2.37. The molecular formula is C23H22F3NSSi. The molecule has 0 N–H and O–H groups in total. The molecule has 1 nitrogen and oxygen atoms in total. The van der Waals surface area contributed by atoms with Gasteiger partial charge in [-0.05, 0) is 35.5 Å². The van der Waals surface area contributed by atoms with Crippen LogP contribution >= 0.6 is 11.3 Å². The van der Waals surface area contributed by atoms with Gasteiger partial charge in [-0.25, -0.2) is 0 Å². The summed E-state index contributed by atoms with van der Waals surface area (Å²) in [5.41, 5.74) is 1.10. The Labute approximate surface area is 173 Å². The van der Waals surface area contributed by atoms with Gasteiger partial charge in [-0.1, -0.05) is 50.0 Å². The Hall–Kier alpha value is -2.31. The summed E-state index contributed by atoms with van der Waals surface area (Å²) in [5, 5.41) is 3.90. The maximum atomic E-state index is 12.9. The summed E-state index contributed by atoms with van der Waals surface area (Å²) >= 11 is 1.79. The van der Waals surface area contributed by atoms with Crippen molar-refractivity contribution in [3.8, 4) is 0 Å². The minimum absolute atomic E-state index is 0.630. The molecule has 29 heavy (non-hydrogen) atoms. The summed E-state index contributed by atoms with van der Waals surface area (Å²) in [5.74, 6) is 0. The van der Waals surface area contributed by atoms with E-state index in [0.717, 1.165) is 28.2 Å². The first-order valence-corrected chi connectivity index (χ1v) is 13.7. The smallest absolute Gasteiger partial charge is 0.343 e. The maximum Gasteiger partial charge on any atom is 0.416 e. The van der Waals surface area contributed by atoms with Gasteiger partial charge >= 0.3 is 6.18 Å². The quantitative estimate of drug-likeness (QED) is 0.307. The first-order chi connectivity index (χ1) is 13.6. The fourth-order valence-electron chi connectivity index (χ4n) is 3.67. The number of nitrogens with zero attached hydrogens (tertiary/aromatic N) is 1. The van der Waals surface area contributed by atoms with E-state index in [1.807, 2.05) is 24.1 Å². The highest BCUT2D eigenvalue weighted by Crippen LogP contribution is 2.41. The molecule has 0 saturated heterocycles. The van der Waals surface area contributed by atoms with Crippen molar-refractivity contribution in [1.29, 1.82) is 0 Å². The summed E-state index contributed by atoms with van der Waals surface area (Å²) in [6, 6.07) is 18.1. The van der Waals surface area contributed by atoms with Crippen LogP contribution in [0.15, 0.2) is 60.7 Å². The second kappa shape index (κ2) is 6.88. The Morgan fingerprint density at radius 1 is 0.793 bits per heavy atom. The van der Waals surface area contributed by atoms with Crippen LogP contribution in [0.2, 0.25) is 19.6 Å². The lowest BCUT2D eigenvalue weighted by Gasteiger charge is -2.21. The molecule has 3 aromatic carbocycles. The van der Waals surface area contributed by atoms with E-state index in [1.54, 1.807) is 11.3 Å². The van der Waals surface area contributed by atoms with Crippen LogP contribution in [-0.2, 0) is 6.18 Å². The molecule has 0 radical (unpaired) electrons. The monoisotopic (exact) mass is 429 g/mol. The number of halogens is 3. The largest absolute Gasteiger partial charge is 0.416 e. The first-order valence-electron chi connectivity index (χ1n) is 9.43. The van der Waals surface area contributed by atoms with Gasteiger partial charge in [-0.3, -0.25) is 0 Å². The number of thiophene rings is 1. The molecule has 0 saturated carbocycles. The zero-order valence-electron chi connectivity index (χ0n) is 16.8.